The van der Waals surface area contributed by atoms with Gasteiger partial charge in [0, 0.05) is 30.9 Å². The van der Waals surface area contributed by atoms with Gasteiger partial charge in [-0.05, 0) is 75.6 Å². The summed E-state index contributed by atoms with van der Waals surface area (Å²) in [5.74, 6) is -3.49. The summed E-state index contributed by atoms with van der Waals surface area (Å²) in [4.78, 5) is 45.3. The van der Waals surface area contributed by atoms with Gasteiger partial charge in [-0.15, -0.1) is 0 Å². The molecule has 0 aliphatic carbocycles. The Kier molecular flexibility index (Phi) is 8.29. The van der Waals surface area contributed by atoms with Crippen molar-refractivity contribution in [3.8, 4) is 22.8 Å². The molecule has 2 aromatic carbocycles. The lowest BCUT2D eigenvalue weighted by Gasteiger charge is -2.44. The number of carbonyl (C=O) groups excluding carboxylic acids is 2. The number of nitrogens with zero attached hydrogens (tertiary/aromatic N) is 3. The summed E-state index contributed by atoms with van der Waals surface area (Å²) in [7, 11) is 0. The number of piperidine rings is 1. The zero-order valence-corrected chi connectivity index (χ0v) is 24.5. The van der Waals surface area contributed by atoms with Gasteiger partial charge in [-0.1, -0.05) is 17.7 Å². The maximum atomic E-state index is 15.4. The molecule has 0 saturated carbocycles. The SMILES string of the molecule is C[C@@H](COc1ccc(F)cc1-c1ccc(C(=O)N2CCC(N3C(=O)C(C)(C)Oc4ncc(Cl)cc43)CC2)c(F)c1)C(=O)O. The fraction of sp³-hybridized carbons (Fsp3) is 0.355. The van der Waals surface area contributed by atoms with Crippen LogP contribution in [-0.2, 0) is 9.59 Å². The van der Waals surface area contributed by atoms with Gasteiger partial charge in [0.15, 0.2) is 5.60 Å². The van der Waals surface area contributed by atoms with Crippen LogP contribution in [0.3, 0.4) is 0 Å². The van der Waals surface area contributed by atoms with Crippen molar-refractivity contribution in [1.29, 1.82) is 0 Å². The van der Waals surface area contributed by atoms with Gasteiger partial charge in [0.05, 0.1) is 16.5 Å². The van der Waals surface area contributed by atoms with Crippen molar-refractivity contribution in [3.05, 3.63) is 70.9 Å². The molecule has 0 spiro atoms. The number of hydrogen-bond donors (Lipinski definition) is 1. The van der Waals surface area contributed by atoms with Crippen molar-refractivity contribution >= 4 is 35.1 Å². The Balaban J connectivity index is 1.31. The second-order valence-electron chi connectivity index (χ2n) is 11.2. The topological polar surface area (TPSA) is 109 Å². The van der Waals surface area contributed by atoms with Crippen molar-refractivity contribution < 1.29 is 37.7 Å². The molecule has 226 valence electrons. The standard InChI is InChI=1S/C31H30ClF2N3O6/c1-17(29(39)40)16-42-26-7-5-20(33)14-23(26)18-4-6-22(24(34)12-18)28(38)36-10-8-21(9-11-36)37-25-13-19(32)15-35-27(25)43-31(2,3)30(37)41/h4-7,12-15,17,21H,8-11,16H2,1-3H3,(H,39,40)/t17-/m0/s1. The average Bonchev–Trinajstić information content (AvgIpc) is 2.97. The number of ether oxygens (including phenoxy) is 2. The van der Waals surface area contributed by atoms with Crippen LogP contribution in [0.1, 0.15) is 44.0 Å². The van der Waals surface area contributed by atoms with Crippen molar-refractivity contribution in [3.63, 3.8) is 0 Å². The Morgan fingerprint density at radius 1 is 1.16 bits per heavy atom. The van der Waals surface area contributed by atoms with Gasteiger partial charge in [-0.25, -0.2) is 13.8 Å². The van der Waals surface area contributed by atoms with E-state index < -0.39 is 35.0 Å². The molecule has 0 bridgehead atoms. The molecule has 2 aliphatic heterocycles. The number of pyridine rings is 1. The largest absolute Gasteiger partial charge is 0.492 e. The Morgan fingerprint density at radius 2 is 1.88 bits per heavy atom. The lowest BCUT2D eigenvalue weighted by atomic mass is 9.96. The molecule has 1 aromatic heterocycles. The highest BCUT2D eigenvalue weighted by Crippen LogP contribution is 2.40. The van der Waals surface area contributed by atoms with E-state index in [0.29, 0.717) is 29.4 Å². The zero-order valence-electron chi connectivity index (χ0n) is 23.8. The quantitative estimate of drug-likeness (QED) is 0.370. The minimum absolute atomic E-state index is 0.148. The third-order valence-electron chi connectivity index (χ3n) is 7.62. The number of amides is 2. The number of benzene rings is 2. The molecule has 1 saturated heterocycles. The number of anilines is 1. The summed E-state index contributed by atoms with van der Waals surface area (Å²) in [5.41, 5.74) is -0.312. The number of aliphatic carboxylic acids is 1. The number of rotatable bonds is 7. The Hall–Kier alpha value is -4.25. The second kappa shape index (κ2) is 11.8. The number of carboxylic acids is 1. The van der Waals surface area contributed by atoms with Crippen molar-refractivity contribution in [2.24, 2.45) is 5.92 Å². The molecule has 5 rings (SSSR count). The molecular weight excluding hydrogens is 584 g/mol. The van der Waals surface area contributed by atoms with E-state index in [1.165, 1.54) is 36.2 Å². The van der Waals surface area contributed by atoms with Gasteiger partial charge in [0.25, 0.3) is 11.8 Å². The van der Waals surface area contributed by atoms with Gasteiger partial charge >= 0.3 is 5.97 Å². The smallest absolute Gasteiger partial charge is 0.309 e. The van der Waals surface area contributed by atoms with Gasteiger partial charge < -0.3 is 24.4 Å². The molecule has 0 unspecified atom stereocenters. The number of aromatic nitrogens is 1. The number of carboxylic acid groups (broad SMARTS) is 1. The molecule has 1 N–H and O–H groups in total. The van der Waals surface area contributed by atoms with E-state index in [0.717, 1.165) is 18.2 Å². The average molecular weight is 614 g/mol. The minimum atomic E-state index is -1.13. The van der Waals surface area contributed by atoms with E-state index in [-0.39, 0.29) is 54.1 Å². The number of carbonyl (C=O) groups is 3. The molecule has 1 atom stereocenters. The number of hydrogen-bond acceptors (Lipinski definition) is 6. The summed E-state index contributed by atoms with van der Waals surface area (Å²) in [6.07, 6.45) is 2.34. The van der Waals surface area contributed by atoms with Crippen LogP contribution in [0.15, 0.2) is 48.7 Å². The maximum Gasteiger partial charge on any atom is 0.309 e. The van der Waals surface area contributed by atoms with E-state index in [1.54, 1.807) is 24.8 Å². The molecule has 43 heavy (non-hydrogen) atoms. The Bertz CT molecular complexity index is 1590. The van der Waals surface area contributed by atoms with E-state index in [1.807, 2.05) is 0 Å². The third-order valence-corrected chi connectivity index (χ3v) is 7.83. The fourth-order valence-electron chi connectivity index (χ4n) is 5.21. The van der Waals surface area contributed by atoms with Crippen LogP contribution in [0.2, 0.25) is 5.02 Å². The predicted molar refractivity (Wildman–Crippen MR) is 154 cm³/mol. The van der Waals surface area contributed by atoms with Crippen LogP contribution in [0.5, 0.6) is 11.6 Å². The molecular formula is C31H30ClF2N3O6. The highest BCUT2D eigenvalue weighted by atomic mass is 35.5. The van der Waals surface area contributed by atoms with Crippen LogP contribution < -0.4 is 14.4 Å². The number of fused-ring (bicyclic) bond motifs is 1. The van der Waals surface area contributed by atoms with E-state index in [2.05, 4.69) is 4.98 Å². The normalized spacial score (nSPS) is 17.2. The van der Waals surface area contributed by atoms with Crippen molar-refractivity contribution in [2.75, 3.05) is 24.6 Å². The highest BCUT2D eigenvalue weighted by molar-refractivity contribution is 6.31. The summed E-state index contributed by atoms with van der Waals surface area (Å²) in [6.45, 7) is 5.21. The first-order valence-electron chi connectivity index (χ1n) is 13.8. The number of halogens is 3. The molecule has 2 aliphatic rings. The van der Waals surface area contributed by atoms with Crippen LogP contribution in [0, 0.1) is 17.6 Å². The van der Waals surface area contributed by atoms with Crippen LogP contribution >= 0.6 is 11.6 Å². The van der Waals surface area contributed by atoms with E-state index in [9.17, 15) is 18.8 Å². The lowest BCUT2D eigenvalue weighted by molar-refractivity contribution is -0.142. The first kappa shape index (κ1) is 30.2. The number of likely N-dealkylation sites (tertiary alicyclic amines) is 1. The van der Waals surface area contributed by atoms with Crippen molar-refractivity contribution in [1.82, 2.24) is 9.88 Å². The summed E-state index contributed by atoms with van der Waals surface area (Å²) in [6, 6.07) is 9.02. The van der Waals surface area contributed by atoms with Gasteiger partial charge in [-0.2, -0.15) is 0 Å². The van der Waals surface area contributed by atoms with Crippen LogP contribution in [0.4, 0.5) is 14.5 Å². The van der Waals surface area contributed by atoms with Gasteiger partial charge in [0.2, 0.25) is 5.88 Å². The molecule has 0 radical (unpaired) electrons. The molecule has 3 heterocycles. The molecule has 9 nitrogen and oxygen atoms in total. The predicted octanol–water partition coefficient (Wildman–Crippen LogP) is 5.59. The summed E-state index contributed by atoms with van der Waals surface area (Å²) < 4.78 is 40.9. The molecule has 1 fully saturated rings. The monoisotopic (exact) mass is 613 g/mol. The lowest BCUT2D eigenvalue weighted by Crippen LogP contribution is -2.58. The first-order chi connectivity index (χ1) is 20.4. The molecule has 3 aromatic rings. The minimum Gasteiger partial charge on any atom is -0.492 e. The molecule has 2 amide bonds. The summed E-state index contributed by atoms with van der Waals surface area (Å²) in [5, 5.41) is 9.48. The van der Waals surface area contributed by atoms with E-state index >= 15 is 4.39 Å². The molecule has 12 heteroatoms. The third kappa shape index (κ3) is 6.13. The Labute approximate surface area is 252 Å². The zero-order chi connectivity index (χ0) is 31.1. The van der Waals surface area contributed by atoms with Crippen LogP contribution in [0.25, 0.3) is 11.1 Å². The van der Waals surface area contributed by atoms with Crippen molar-refractivity contribution in [2.45, 2.75) is 45.3 Å². The summed E-state index contributed by atoms with van der Waals surface area (Å²) >= 11 is 6.16. The first-order valence-corrected chi connectivity index (χ1v) is 14.2. The highest BCUT2D eigenvalue weighted by Gasteiger charge is 2.45. The van der Waals surface area contributed by atoms with Crippen LogP contribution in [-0.4, -0.2) is 64.1 Å². The van der Waals surface area contributed by atoms with E-state index in [4.69, 9.17) is 26.2 Å². The Morgan fingerprint density at radius 3 is 2.56 bits per heavy atom. The second-order valence-corrected chi connectivity index (χ2v) is 11.6. The van der Waals surface area contributed by atoms with Gasteiger partial charge in [-0.3, -0.25) is 14.4 Å². The maximum absolute atomic E-state index is 15.4. The van der Waals surface area contributed by atoms with Gasteiger partial charge in [0.1, 0.15) is 29.7 Å². The fourth-order valence-corrected chi connectivity index (χ4v) is 5.36.